The van der Waals surface area contributed by atoms with Crippen molar-refractivity contribution in [3.63, 3.8) is 0 Å². The molecule has 2 amide bonds. The summed E-state index contributed by atoms with van der Waals surface area (Å²) >= 11 is 0. The van der Waals surface area contributed by atoms with E-state index in [-0.39, 0.29) is 28.2 Å². The van der Waals surface area contributed by atoms with E-state index >= 15 is 0 Å². The van der Waals surface area contributed by atoms with Gasteiger partial charge < -0.3 is 14.8 Å². The second-order valence-electron chi connectivity index (χ2n) is 8.86. The van der Waals surface area contributed by atoms with E-state index in [0.29, 0.717) is 6.07 Å². The van der Waals surface area contributed by atoms with Crippen molar-refractivity contribution in [1.29, 1.82) is 5.26 Å². The quantitative estimate of drug-likeness (QED) is 0.224. The molecule has 0 spiro atoms. The molecule has 14 heteroatoms. The zero-order valence-corrected chi connectivity index (χ0v) is 20.8. The van der Waals surface area contributed by atoms with Gasteiger partial charge in [0.2, 0.25) is 0 Å². The van der Waals surface area contributed by atoms with Crippen LogP contribution >= 0.6 is 0 Å². The molecular weight excluding hydrogens is 535 g/mol. The van der Waals surface area contributed by atoms with Gasteiger partial charge in [0.05, 0.1) is 11.4 Å². The normalized spacial score (nSPS) is 12.0. The molecule has 1 heterocycles. The van der Waals surface area contributed by atoms with Crippen molar-refractivity contribution in [2.45, 2.75) is 31.7 Å². The lowest BCUT2D eigenvalue weighted by molar-refractivity contribution is -0.0501. The topological polar surface area (TPSA) is 121 Å². The number of pyridine rings is 1. The maximum absolute atomic E-state index is 13.8. The first-order chi connectivity index (χ1) is 17.5. The van der Waals surface area contributed by atoms with Crippen LogP contribution in [0.1, 0.15) is 32.0 Å². The second-order valence-corrected chi connectivity index (χ2v) is 10.4. The number of benzene rings is 2. The summed E-state index contributed by atoms with van der Waals surface area (Å²) in [5.74, 6) is -2.84. The number of urea groups is 1. The Kier molecular flexibility index (Phi) is 7.64. The number of hydrogen-bond acceptors (Lipinski definition) is 6. The van der Waals surface area contributed by atoms with E-state index in [1.165, 1.54) is 30.3 Å². The van der Waals surface area contributed by atoms with Gasteiger partial charge >= 0.3 is 21.7 Å². The Labute approximate surface area is 214 Å². The number of amides is 2. The van der Waals surface area contributed by atoms with Crippen molar-refractivity contribution >= 4 is 27.5 Å². The number of nitriles is 1. The van der Waals surface area contributed by atoms with E-state index in [9.17, 15) is 40.4 Å². The van der Waals surface area contributed by atoms with Crippen LogP contribution in [-0.4, -0.2) is 24.9 Å². The number of hydrogen-bond donors (Lipinski definition) is 2. The van der Waals surface area contributed by atoms with Gasteiger partial charge in [-0.25, -0.2) is 18.6 Å². The highest BCUT2D eigenvalue weighted by atomic mass is 32.2. The van der Waals surface area contributed by atoms with E-state index < -0.39 is 50.2 Å². The summed E-state index contributed by atoms with van der Waals surface area (Å²) in [5.41, 5.74) is -6.72. The maximum atomic E-state index is 13.8. The largest absolute Gasteiger partial charge is 0.534 e. The van der Waals surface area contributed by atoms with E-state index in [0.717, 1.165) is 12.1 Å². The minimum absolute atomic E-state index is 0.0317. The van der Waals surface area contributed by atoms with E-state index in [1.807, 2.05) is 0 Å². The lowest BCUT2D eigenvalue weighted by atomic mass is 9.88. The molecular formula is C24H19F5N4O4S. The predicted octanol–water partition coefficient (Wildman–Crippen LogP) is 6.07. The summed E-state index contributed by atoms with van der Waals surface area (Å²) in [7, 11) is -6.11. The molecule has 1 aromatic heterocycles. The Morgan fingerprint density at radius 3 is 2.16 bits per heavy atom. The molecule has 0 fully saturated rings. The minimum Gasteiger partial charge on any atom is -0.354 e. The lowest BCUT2D eigenvalue weighted by Crippen LogP contribution is -2.29. The fraction of sp³-hybridized carbons (Fsp3) is 0.208. The van der Waals surface area contributed by atoms with Crippen LogP contribution in [0.15, 0.2) is 48.5 Å². The molecule has 2 aromatic carbocycles. The first-order valence-electron chi connectivity index (χ1n) is 10.6. The summed E-state index contributed by atoms with van der Waals surface area (Å²) in [4.78, 5) is 16.1. The fourth-order valence-corrected chi connectivity index (χ4v) is 3.48. The first kappa shape index (κ1) is 28.3. The van der Waals surface area contributed by atoms with Crippen molar-refractivity contribution in [2.75, 3.05) is 10.6 Å². The fourth-order valence-electron chi connectivity index (χ4n) is 3.06. The highest BCUT2D eigenvalue weighted by Crippen LogP contribution is 2.36. The molecule has 8 nitrogen and oxygen atoms in total. The monoisotopic (exact) mass is 554 g/mol. The van der Waals surface area contributed by atoms with Crippen molar-refractivity contribution < 1.29 is 39.3 Å². The number of halogens is 5. The van der Waals surface area contributed by atoms with E-state index in [2.05, 4.69) is 19.8 Å². The maximum Gasteiger partial charge on any atom is 0.534 e. The van der Waals surface area contributed by atoms with Crippen LogP contribution in [0.2, 0.25) is 0 Å². The van der Waals surface area contributed by atoms with Crippen molar-refractivity contribution in [2.24, 2.45) is 0 Å². The molecule has 0 aliphatic heterocycles. The summed E-state index contributed by atoms with van der Waals surface area (Å²) in [6.07, 6.45) is 0. The van der Waals surface area contributed by atoms with Crippen LogP contribution < -0.4 is 14.8 Å². The number of nitrogens with one attached hydrogen (secondary N) is 2. The number of alkyl halides is 3. The third-order valence-electron chi connectivity index (χ3n) is 4.97. The smallest absolute Gasteiger partial charge is 0.354 e. The third kappa shape index (κ3) is 6.35. The van der Waals surface area contributed by atoms with Gasteiger partial charge in [0.1, 0.15) is 23.3 Å². The molecule has 200 valence electrons. The van der Waals surface area contributed by atoms with Crippen LogP contribution in [0.4, 0.5) is 38.1 Å². The summed E-state index contributed by atoms with van der Waals surface area (Å²) in [6, 6.07) is 10.3. The van der Waals surface area contributed by atoms with Crippen molar-refractivity contribution in [1.82, 2.24) is 4.98 Å². The number of rotatable bonds is 5. The van der Waals surface area contributed by atoms with Crippen LogP contribution in [0.3, 0.4) is 0 Å². The molecule has 3 aromatic rings. The van der Waals surface area contributed by atoms with Gasteiger partial charge in [0, 0.05) is 22.7 Å². The molecule has 0 unspecified atom stereocenters. The minimum atomic E-state index is -6.11. The SMILES string of the molecule is CC(C)(C)c1cc(-c2ccc(NC(=O)Nc3ccc(F)cc3F)cc2)c(C#N)c(OS(=O)(=O)C(F)(F)F)n1. The molecule has 2 N–H and O–H groups in total. The standard InChI is InChI=1S/C24H19F5N4O4S/c1-23(2,3)20-11-16(17(12-30)21(33-20)37-38(35,36)24(27,28)29)13-4-7-15(8-5-13)31-22(34)32-19-9-6-14(25)10-18(19)26/h4-11H,1-3H3,(H2,31,32,34). The Balaban J connectivity index is 1.96. The van der Waals surface area contributed by atoms with E-state index in [1.54, 1.807) is 26.8 Å². The highest BCUT2D eigenvalue weighted by Gasteiger charge is 2.49. The number of nitrogens with zero attached hydrogens (tertiary/aromatic N) is 2. The van der Waals surface area contributed by atoms with Crippen molar-refractivity contribution in [3.8, 4) is 23.1 Å². The summed E-state index contributed by atoms with van der Waals surface area (Å²) in [6.45, 7) is 5.01. The summed E-state index contributed by atoms with van der Waals surface area (Å²) in [5, 5.41) is 14.3. The number of carbonyl (C=O) groups is 1. The Morgan fingerprint density at radius 1 is 1.00 bits per heavy atom. The van der Waals surface area contributed by atoms with Gasteiger partial charge in [-0.1, -0.05) is 32.9 Å². The van der Waals surface area contributed by atoms with Crippen molar-refractivity contribution in [3.05, 3.63) is 71.4 Å². The second kappa shape index (κ2) is 10.3. The Bertz CT molecular complexity index is 1530. The van der Waals surface area contributed by atoms with Gasteiger partial charge in [-0.15, -0.1) is 0 Å². The molecule has 38 heavy (non-hydrogen) atoms. The van der Waals surface area contributed by atoms with Crippen LogP contribution in [0.25, 0.3) is 11.1 Å². The predicted molar refractivity (Wildman–Crippen MR) is 128 cm³/mol. The molecule has 0 aliphatic rings. The molecule has 0 atom stereocenters. The van der Waals surface area contributed by atoms with Gasteiger partial charge in [-0.3, -0.25) is 0 Å². The Morgan fingerprint density at radius 2 is 1.63 bits per heavy atom. The van der Waals surface area contributed by atoms with Crippen LogP contribution in [0.5, 0.6) is 5.88 Å². The molecule has 0 saturated heterocycles. The molecule has 0 aliphatic carbocycles. The molecule has 3 rings (SSSR count). The molecule has 0 radical (unpaired) electrons. The summed E-state index contributed by atoms with van der Waals surface area (Å²) < 4.78 is 93.1. The van der Waals surface area contributed by atoms with Crippen LogP contribution in [-0.2, 0) is 15.5 Å². The lowest BCUT2D eigenvalue weighted by Gasteiger charge is -2.21. The average molecular weight is 554 g/mol. The molecule has 0 saturated carbocycles. The number of aromatic nitrogens is 1. The van der Waals surface area contributed by atoms with Gasteiger partial charge in [-0.2, -0.15) is 26.9 Å². The van der Waals surface area contributed by atoms with Crippen LogP contribution in [0, 0.1) is 23.0 Å². The molecule has 0 bridgehead atoms. The number of carbonyl (C=O) groups excluding carboxylic acids is 1. The van der Waals surface area contributed by atoms with Gasteiger partial charge in [0.15, 0.2) is 0 Å². The van der Waals surface area contributed by atoms with Gasteiger partial charge in [-0.05, 0) is 35.9 Å². The number of anilines is 2. The average Bonchev–Trinajstić information content (AvgIpc) is 2.79. The van der Waals surface area contributed by atoms with Gasteiger partial charge in [0.25, 0.3) is 5.88 Å². The van der Waals surface area contributed by atoms with E-state index in [4.69, 9.17) is 0 Å². The zero-order chi connectivity index (χ0) is 28.5. The Hall–Kier alpha value is -4.25. The first-order valence-corrected chi connectivity index (χ1v) is 12.0. The third-order valence-corrected chi connectivity index (χ3v) is 5.92. The zero-order valence-electron chi connectivity index (χ0n) is 19.9. The highest BCUT2D eigenvalue weighted by molar-refractivity contribution is 7.88.